The van der Waals surface area contributed by atoms with E-state index in [1.807, 2.05) is 18.8 Å². The van der Waals surface area contributed by atoms with E-state index in [-0.39, 0.29) is 0 Å². The van der Waals surface area contributed by atoms with E-state index in [0.717, 1.165) is 17.5 Å². The molecule has 1 aromatic heterocycles. The minimum Gasteiger partial charge on any atom is -0.316 e. The Balaban J connectivity index is 1.78. The van der Waals surface area contributed by atoms with Gasteiger partial charge in [-0.25, -0.2) is 4.98 Å². The van der Waals surface area contributed by atoms with Gasteiger partial charge >= 0.3 is 0 Å². The maximum Gasteiger partial charge on any atom is 0.138 e. The molecule has 1 atom stereocenters. The molecule has 4 nitrogen and oxygen atoms in total. The van der Waals surface area contributed by atoms with Crippen LogP contribution in [-0.2, 0) is 13.5 Å². The summed E-state index contributed by atoms with van der Waals surface area (Å²) in [6, 6.07) is 0.503. The van der Waals surface area contributed by atoms with Crippen molar-refractivity contribution in [3.8, 4) is 0 Å². The van der Waals surface area contributed by atoms with E-state index < -0.39 is 0 Å². The molecule has 0 radical (unpaired) electrons. The normalized spacial score (nSPS) is 18.7. The van der Waals surface area contributed by atoms with Crippen molar-refractivity contribution < 1.29 is 0 Å². The predicted octanol–water partition coefficient (Wildman–Crippen LogP) is 1.62. The summed E-state index contributed by atoms with van der Waals surface area (Å²) in [5, 5.41) is 8.40. The minimum atomic E-state index is 0.503. The average Bonchev–Trinajstić information content (AvgIpc) is 2.96. The number of thioether (sulfide) groups is 1. The quantitative estimate of drug-likeness (QED) is 0.838. The SMILES string of the molecule is CNC(CSC1CCCC1)Cc1ncnn1C. The van der Waals surface area contributed by atoms with E-state index in [0.29, 0.717) is 6.04 Å². The van der Waals surface area contributed by atoms with Crippen LogP contribution in [0.1, 0.15) is 31.5 Å². The van der Waals surface area contributed by atoms with Gasteiger partial charge in [-0.15, -0.1) is 0 Å². The van der Waals surface area contributed by atoms with Gasteiger partial charge in [0.05, 0.1) is 0 Å². The van der Waals surface area contributed by atoms with Gasteiger partial charge in [0.15, 0.2) is 0 Å². The Bertz CT molecular complexity index is 333. The molecule has 96 valence electrons. The van der Waals surface area contributed by atoms with Crippen LogP contribution >= 0.6 is 11.8 Å². The Hall–Kier alpha value is -0.550. The smallest absolute Gasteiger partial charge is 0.138 e. The molecule has 1 aliphatic carbocycles. The molecule has 5 heteroatoms. The van der Waals surface area contributed by atoms with E-state index in [1.165, 1.54) is 31.4 Å². The highest BCUT2D eigenvalue weighted by molar-refractivity contribution is 7.99. The van der Waals surface area contributed by atoms with Gasteiger partial charge in [0.1, 0.15) is 12.2 Å². The molecule has 1 aromatic rings. The van der Waals surface area contributed by atoms with Crippen LogP contribution in [0.5, 0.6) is 0 Å². The highest BCUT2D eigenvalue weighted by Gasteiger charge is 2.18. The third kappa shape index (κ3) is 3.71. The fourth-order valence-electron chi connectivity index (χ4n) is 2.28. The molecule has 0 bridgehead atoms. The molecule has 1 N–H and O–H groups in total. The van der Waals surface area contributed by atoms with Crippen LogP contribution in [0.4, 0.5) is 0 Å². The summed E-state index contributed by atoms with van der Waals surface area (Å²) in [6.45, 7) is 0. The highest BCUT2D eigenvalue weighted by atomic mass is 32.2. The van der Waals surface area contributed by atoms with Gasteiger partial charge in [0.25, 0.3) is 0 Å². The Morgan fingerprint density at radius 1 is 1.53 bits per heavy atom. The summed E-state index contributed by atoms with van der Waals surface area (Å²) in [5.74, 6) is 2.24. The zero-order valence-corrected chi connectivity index (χ0v) is 11.5. The molecule has 0 aromatic carbocycles. The van der Waals surface area contributed by atoms with Crippen molar-refractivity contribution in [1.29, 1.82) is 0 Å². The second kappa shape index (κ2) is 6.40. The van der Waals surface area contributed by atoms with E-state index >= 15 is 0 Å². The van der Waals surface area contributed by atoms with Crippen molar-refractivity contribution in [2.75, 3.05) is 12.8 Å². The summed E-state index contributed by atoms with van der Waals surface area (Å²) in [6.07, 6.45) is 8.26. The second-order valence-electron chi connectivity index (χ2n) is 4.73. The van der Waals surface area contributed by atoms with Crippen LogP contribution in [0.2, 0.25) is 0 Å². The number of nitrogens with zero attached hydrogens (tertiary/aromatic N) is 3. The second-order valence-corrected chi connectivity index (χ2v) is 6.06. The first-order chi connectivity index (χ1) is 8.29. The summed E-state index contributed by atoms with van der Waals surface area (Å²) >= 11 is 2.12. The fourth-order valence-corrected chi connectivity index (χ4v) is 3.73. The first-order valence-corrected chi connectivity index (χ1v) is 7.46. The van der Waals surface area contributed by atoms with Gasteiger partial charge in [0, 0.05) is 30.5 Å². The Kier molecular flexibility index (Phi) is 4.86. The Labute approximate surface area is 108 Å². The van der Waals surface area contributed by atoms with E-state index in [2.05, 4.69) is 27.2 Å². The van der Waals surface area contributed by atoms with Gasteiger partial charge in [0.2, 0.25) is 0 Å². The Morgan fingerprint density at radius 3 is 2.88 bits per heavy atom. The molecule has 1 saturated carbocycles. The van der Waals surface area contributed by atoms with E-state index in [1.54, 1.807) is 6.33 Å². The number of nitrogens with one attached hydrogen (secondary N) is 1. The maximum absolute atomic E-state index is 4.29. The van der Waals surface area contributed by atoms with Gasteiger partial charge < -0.3 is 5.32 Å². The standard InChI is InChI=1S/C12H22N4S/c1-13-10(7-12-14-9-15-16(12)2)8-17-11-5-3-4-6-11/h9-11,13H,3-8H2,1-2H3. The molecule has 0 aliphatic heterocycles. The van der Waals surface area contributed by atoms with E-state index in [9.17, 15) is 0 Å². The summed E-state index contributed by atoms with van der Waals surface area (Å²) < 4.78 is 1.87. The lowest BCUT2D eigenvalue weighted by atomic mass is 10.2. The molecule has 0 saturated heterocycles. The number of likely N-dealkylation sites (N-methyl/N-ethyl adjacent to an activating group) is 1. The average molecular weight is 254 g/mol. The highest BCUT2D eigenvalue weighted by Crippen LogP contribution is 2.29. The van der Waals surface area contributed by atoms with Crippen molar-refractivity contribution in [2.24, 2.45) is 7.05 Å². The van der Waals surface area contributed by atoms with Crippen LogP contribution in [0.15, 0.2) is 6.33 Å². The molecular weight excluding hydrogens is 232 g/mol. The number of rotatable bonds is 6. The summed E-state index contributed by atoms with van der Waals surface area (Å²) in [5.41, 5.74) is 0. The first-order valence-electron chi connectivity index (χ1n) is 6.41. The van der Waals surface area contributed by atoms with Crippen molar-refractivity contribution >= 4 is 11.8 Å². The van der Waals surface area contributed by atoms with Gasteiger partial charge in [-0.2, -0.15) is 16.9 Å². The lowest BCUT2D eigenvalue weighted by Crippen LogP contribution is -2.31. The summed E-state index contributed by atoms with van der Waals surface area (Å²) in [4.78, 5) is 4.29. The summed E-state index contributed by atoms with van der Waals surface area (Å²) in [7, 11) is 4.00. The lowest BCUT2D eigenvalue weighted by molar-refractivity contribution is 0.572. The molecule has 2 rings (SSSR count). The number of aromatic nitrogens is 3. The third-order valence-electron chi connectivity index (χ3n) is 3.48. The Morgan fingerprint density at radius 2 is 2.29 bits per heavy atom. The molecule has 1 unspecified atom stereocenters. The molecule has 17 heavy (non-hydrogen) atoms. The molecule has 0 spiro atoms. The van der Waals surface area contributed by atoms with Crippen LogP contribution in [0.3, 0.4) is 0 Å². The predicted molar refractivity (Wildman–Crippen MR) is 72.3 cm³/mol. The van der Waals surface area contributed by atoms with Crippen LogP contribution in [0.25, 0.3) is 0 Å². The van der Waals surface area contributed by atoms with Gasteiger partial charge in [-0.1, -0.05) is 12.8 Å². The van der Waals surface area contributed by atoms with Crippen molar-refractivity contribution in [3.05, 3.63) is 12.2 Å². The number of hydrogen-bond donors (Lipinski definition) is 1. The van der Waals surface area contributed by atoms with Crippen LogP contribution in [0, 0.1) is 0 Å². The van der Waals surface area contributed by atoms with Crippen molar-refractivity contribution in [3.63, 3.8) is 0 Å². The van der Waals surface area contributed by atoms with Crippen LogP contribution in [-0.4, -0.2) is 38.9 Å². The van der Waals surface area contributed by atoms with E-state index in [4.69, 9.17) is 0 Å². The first kappa shape index (κ1) is 12.9. The molecular formula is C12H22N4S. The molecule has 0 amide bonds. The maximum atomic E-state index is 4.29. The largest absolute Gasteiger partial charge is 0.316 e. The zero-order chi connectivity index (χ0) is 12.1. The molecule has 1 heterocycles. The number of aryl methyl sites for hydroxylation is 1. The van der Waals surface area contributed by atoms with Gasteiger partial charge in [-0.05, 0) is 19.9 Å². The number of hydrogen-bond acceptors (Lipinski definition) is 4. The monoisotopic (exact) mass is 254 g/mol. The van der Waals surface area contributed by atoms with Crippen LogP contribution < -0.4 is 5.32 Å². The van der Waals surface area contributed by atoms with Crippen molar-refractivity contribution in [2.45, 2.75) is 43.4 Å². The van der Waals surface area contributed by atoms with Gasteiger partial charge in [-0.3, -0.25) is 4.68 Å². The third-order valence-corrected chi connectivity index (χ3v) is 5.02. The molecule has 1 fully saturated rings. The molecule has 1 aliphatic rings. The topological polar surface area (TPSA) is 42.7 Å². The zero-order valence-electron chi connectivity index (χ0n) is 10.7. The fraction of sp³-hybridized carbons (Fsp3) is 0.833. The lowest BCUT2D eigenvalue weighted by Gasteiger charge is -2.17. The minimum absolute atomic E-state index is 0.503. The van der Waals surface area contributed by atoms with Crippen molar-refractivity contribution in [1.82, 2.24) is 20.1 Å².